The van der Waals surface area contributed by atoms with Crippen molar-refractivity contribution in [3.8, 4) is 0 Å². The summed E-state index contributed by atoms with van der Waals surface area (Å²) >= 11 is 0. The van der Waals surface area contributed by atoms with Crippen molar-refractivity contribution in [2.24, 2.45) is 0 Å². The van der Waals surface area contributed by atoms with E-state index in [1.54, 1.807) is 0 Å². The minimum absolute atomic E-state index is 0.106. The number of rotatable bonds is 6. The number of carbonyl (C=O) groups excluding carboxylic acids is 2. The van der Waals surface area contributed by atoms with Crippen LogP contribution in [0.25, 0.3) is 0 Å². The van der Waals surface area contributed by atoms with Crippen molar-refractivity contribution in [3.63, 3.8) is 0 Å². The highest BCUT2D eigenvalue weighted by atomic mass is 16.2. The van der Waals surface area contributed by atoms with E-state index in [-0.39, 0.29) is 36.0 Å². The summed E-state index contributed by atoms with van der Waals surface area (Å²) in [6, 6.07) is 3.69. The molecule has 164 valence electrons. The molecule has 2 aliphatic carbocycles. The zero-order chi connectivity index (χ0) is 21.3. The summed E-state index contributed by atoms with van der Waals surface area (Å²) < 4.78 is 3.62. The van der Waals surface area contributed by atoms with Crippen LogP contribution < -0.4 is 0 Å². The monoisotopic (exact) mass is 422 g/mol. The topological polar surface area (TPSA) is 76.3 Å². The fourth-order valence-electron chi connectivity index (χ4n) is 5.24. The van der Waals surface area contributed by atoms with Gasteiger partial charge in [0, 0.05) is 37.3 Å². The Morgan fingerprint density at radius 1 is 0.806 bits per heavy atom. The van der Waals surface area contributed by atoms with Crippen LogP contribution in [0.1, 0.15) is 81.3 Å². The average Bonchev–Trinajstić information content (AvgIpc) is 3.60. The van der Waals surface area contributed by atoms with Gasteiger partial charge in [-0.1, -0.05) is 0 Å². The smallest absolute Gasteiger partial charge is 0.247 e. The maximum Gasteiger partial charge on any atom is 0.247 e. The lowest BCUT2D eigenvalue weighted by atomic mass is 10.2. The first-order chi connectivity index (χ1) is 15.0. The zero-order valence-electron chi connectivity index (χ0n) is 18.2. The van der Waals surface area contributed by atoms with Crippen molar-refractivity contribution < 1.29 is 9.59 Å². The van der Waals surface area contributed by atoms with Gasteiger partial charge in [0.05, 0.1) is 23.5 Å². The molecule has 2 saturated heterocycles. The predicted molar refractivity (Wildman–Crippen MR) is 113 cm³/mol. The summed E-state index contributed by atoms with van der Waals surface area (Å²) in [5, 5.41) is 9.28. The van der Waals surface area contributed by atoms with Crippen molar-refractivity contribution in [3.05, 3.63) is 35.9 Å². The third-order valence-corrected chi connectivity index (χ3v) is 7.56. The number of aromatic nitrogens is 4. The van der Waals surface area contributed by atoms with E-state index in [2.05, 4.69) is 10.2 Å². The molecule has 4 fully saturated rings. The molecule has 8 heteroatoms. The van der Waals surface area contributed by atoms with Crippen LogP contribution in [-0.4, -0.2) is 66.3 Å². The molecule has 2 aromatic heterocycles. The van der Waals surface area contributed by atoms with Crippen LogP contribution >= 0.6 is 0 Å². The molecule has 6 rings (SSSR count). The van der Waals surface area contributed by atoms with Crippen LogP contribution in [0.4, 0.5) is 0 Å². The second kappa shape index (κ2) is 6.93. The quantitative estimate of drug-likeness (QED) is 0.717. The van der Waals surface area contributed by atoms with Crippen molar-refractivity contribution >= 4 is 11.8 Å². The molecule has 2 saturated carbocycles. The number of hydrogen-bond acceptors (Lipinski definition) is 4. The SMILES string of the molecule is CC(C(=O)N1C[C@@H]2C[C@H]1CN2C(=O)C(C)n1ccc(C2CC2)n1)n1ccc(C2CC2)n1. The minimum Gasteiger partial charge on any atom is -0.334 e. The van der Waals surface area contributed by atoms with Gasteiger partial charge in [-0.3, -0.25) is 19.0 Å². The largest absolute Gasteiger partial charge is 0.334 e. The summed E-state index contributed by atoms with van der Waals surface area (Å²) in [5.74, 6) is 1.39. The molecule has 4 aliphatic rings. The number of amides is 2. The zero-order valence-corrected chi connectivity index (χ0v) is 18.2. The molecule has 31 heavy (non-hydrogen) atoms. The van der Waals surface area contributed by atoms with Gasteiger partial charge >= 0.3 is 0 Å². The van der Waals surface area contributed by atoms with E-state index in [4.69, 9.17) is 0 Å². The summed E-state index contributed by atoms with van der Waals surface area (Å²) in [6.07, 6.45) is 9.56. The highest BCUT2D eigenvalue weighted by molar-refractivity contribution is 5.83. The van der Waals surface area contributed by atoms with Crippen LogP contribution in [-0.2, 0) is 9.59 Å². The minimum atomic E-state index is -0.306. The molecular formula is C23H30N6O2. The van der Waals surface area contributed by atoms with Gasteiger partial charge in [0.25, 0.3) is 0 Å². The van der Waals surface area contributed by atoms with E-state index in [0.29, 0.717) is 24.9 Å². The van der Waals surface area contributed by atoms with E-state index in [9.17, 15) is 9.59 Å². The van der Waals surface area contributed by atoms with Crippen LogP contribution in [0.15, 0.2) is 24.5 Å². The Bertz CT molecular complexity index is 939. The molecule has 4 atom stereocenters. The third-order valence-electron chi connectivity index (χ3n) is 7.56. The Balaban J connectivity index is 1.09. The van der Waals surface area contributed by atoms with Crippen LogP contribution in [0, 0.1) is 0 Å². The Morgan fingerprint density at radius 3 is 1.58 bits per heavy atom. The highest BCUT2D eigenvalue weighted by Gasteiger charge is 2.48. The number of hydrogen-bond donors (Lipinski definition) is 0. The number of fused-ring (bicyclic) bond motifs is 2. The van der Waals surface area contributed by atoms with E-state index >= 15 is 0 Å². The van der Waals surface area contributed by atoms with E-state index < -0.39 is 0 Å². The molecule has 0 aromatic carbocycles. The molecule has 0 spiro atoms. The molecule has 0 N–H and O–H groups in total. The fourth-order valence-corrected chi connectivity index (χ4v) is 5.24. The van der Waals surface area contributed by atoms with E-state index in [1.165, 1.54) is 25.7 Å². The molecule has 2 aliphatic heterocycles. The number of piperazine rings is 1. The predicted octanol–water partition coefficient (Wildman–Crippen LogP) is 2.47. The summed E-state index contributed by atoms with van der Waals surface area (Å²) in [6.45, 7) is 5.10. The Labute approximate surface area is 182 Å². The molecule has 2 aromatic rings. The van der Waals surface area contributed by atoms with Gasteiger partial charge in [-0.2, -0.15) is 10.2 Å². The van der Waals surface area contributed by atoms with Crippen LogP contribution in [0.3, 0.4) is 0 Å². The van der Waals surface area contributed by atoms with Crippen LogP contribution in [0.5, 0.6) is 0 Å². The van der Waals surface area contributed by atoms with Crippen molar-refractivity contribution in [2.45, 2.75) is 82.0 Å². The maximum absolute atomic E-state index is 13.2. The van der Waals surface area contributed by atoms with Gasteiger partial charge in [-0.25, -0.2) is 0 Å². The third kappa shape index (κ3) is 3.27. The molecule has 2 amide bonds. The second-order valence-corrected chi connectivity index (χ2v) is 9.87. The van der Waals surface area contributed by atoms with Crippen molar-refractivity contribution in [1.29, 1.82) is 0 Å². The normalized spacial score (nSPS) is 27.0. The van der Waals surface area contributed by atoms with Gasteiger partial charge in [0.2, 0.25) is 11.8 Å². The van der Waals surface area contributed by atoms with Gasteiger partial charge in [-0.05, 0) is 58.1 Å². The molecule has 2 bridgehead atoms. The Hall–Kier alpha value is -2.64. The van der Waals surface area contributed by atoms with Gasteiger partial charge in [-0.15, -0.1) is 0 Å². The summed E-state index contributed by atoms with van der Waals surface area (Å²) in [7, 11) is 0. The fraction of sp³-hybridized carbons (Fsp3) is 0.652. The standard InChI is InChI=1S/C23H30N6O2/c1-14(28-9-7-20(24-28)16-3-4-16)22(30)26-12-19-11-18(26)13-27(19)23(31)15(2)29-10-8-21(25-29)17-5-6-17/h7-10,14-19H,3-6,11-13H2,1-2H3/t14?,15?,18-,19-/m0/s1. The van der Waals surface area contributed by atoms with Gasteiger partial charge in [0.15, 0.2) is 0 Å². The molecule has 8 nitrogen and oxygen atoms in total. The highest BCUT2D eigenvalue weighted by Crippen LogP contribution is 2.40. The summed E-state index contributed by atoms with van der Waals surface area (Å²) in [4.78, 5) is 30.3. The lowest BCUT2D eigenvalue weighted by molar-refractivity contribution is -0.143. The lowest BCUT2D eigenvalue weighted by Gasteiger charge is -2.36. The molecule has 0 radical (unpaired) electrons. The number of nitrogens with zero attached hydrogens (tertiary/aromatic N) is 6. The molecular weight excluding hydrogens is 392 g/mol. The Kier molecular flexibility index (Phi) is 4.27. The average molecular weight is 423 g/mol. The Morgan fingerprint density at radius 2 is 1.23 bits per heavy atom. The lowest BCUT2D eigenvalue weighted by Crippen LogP contribution is -2.53. The first-order valence-corrected chi connectivity index (χ1v) is 11.7. The van der Waals surface area contributed by atoms with Crippen molar-refractivity contribution in [1.82, 2.24) is 29.4 Å². The second-order valence-electron chi connectivity index (χ2n) is 9.87. The van der Waals surface area contributed by atoms with Crippen LogP contribution in [0.2, 0.25) is 0 Å². The molecule has 4 heterocycles. The van der Waals surface area contributed by atoms with E-state index in [1.807, 2.05) is 57.5 Å². The van der Waals surface area contributed by atoms with E-state index in [0.717, 1.165) is 17.8 Å². The van der Waals surface area contributed by atoms with Gasteiger partial charge < -0.3 is 9.80 Å². The number of carbonyl (C=O) groups is 2. The maximum atomic E-state index is 13.2. The first-order valence-electron chi connectivity index (χ1n) is 11.7. The van der Waals surface area contributed by atoms with Crippen molar-refractivity contribution in [2.75, 3.05) is 13.1 Å². The van der Waals surface area contributed by atoms with Gasteiger partial charge in [0.1, 0.15) is 12.1 Å². The summed E-state index contributed by atoms with van der Waals surface area (Å²) in [5.41, 5.74) is 2.22. The molecule has 2 unspecified atom stereocenters. The number of likely N-dealkylation sites (tertiary alicyclic amines) is 2. The first kappa shape index (κ1) is 19.1.